The van der Waals surface area contributed by atoms with Crippen molar-refractivity contribution in [1.82, 2.24) is 0 Å². The third-order valence-electron chi connectivity index (χ3n) is 4.81. The summed E-state index contributed by atoms with van der Waals surface area (Å²) >= 11 is 4.47. The van der Waals surface area contributed by atoms with Crippen LogP contribution in [0.2, 0.25) is 0 Å². The molecule has 0 spiro atoms. The van der Waals surface area contributed by atoms with Crippen molar-refractivity contribution in [3.05, 3.63) is 95.8 Å². The Balaban J connectivity index is 1.60. The fourth-order valence-electron chi connectivity index (χ4n) is 3.16. The Bertz CT molecular complexity index is 1240. The lowest BCUT2D eigenvalue weighted by Gasteiger charge is -2.13. The maximum absolute atomic E-state index is 12.4. The largest absolute Gasteiger partial charge is 0.493 e. The van der Waals surface area contributed by atoms with Gasteiger partial charge in [-0.1, -0.05) is 30.3 Å². The molecule has 0 saturated heterocycles. The lowest BCUT2D eigenvalue weighted by molar-refractivity contribution is -0.129. The van der Waals surface area contributed by atoms with Crippen molar-refractivity contribution in [1.29, 1.82) is 0 Å². The van der Waals surface area contributed by atoms with E-state index in [-0.39, 0.29) is 5.70 Å². The number of nitrogens with zero attached hydrogens (tertiary/aromatic N) is 1. The molecule has 0 N–H and O–H groups in total. The van der Waals surface area contributed by atoms with Gasteiger partial charge in [0.15, 0.2) is 17.2 Å². The van der Waals surface area contributed by atoms with Gasteiger partial charge in [-0.15, -0.1) is 0 Å². The summed E-state index contributed by atoms with van der Waals surface area (Å²) in [5, 5.41) is 0. The molecule has 1 heterocycles. The standard InChI is InChI=1S/C25H19I2NO4/c1-15-10-18(8-9-19(15)26)24-28-21(25(29)32-24)12-17-11-20(27)23(22(13-17)30-2)31-14-16-6-4-3-5-7-16/h3-13H,14H2,1-2H3/b21-12-. The van der Waals surface area contributed by atoms with Crippen molar-refractivity contribution in [3.63, 3.8) is 0 Å². The molecule has 3 aromatic carbocycles. The zero-order valence-corrected chi connectivity index (χ0v) is 21.7. The van der Waals surface area contributed by atoms with E-state index in [9.17, 15) is 4.79 Å². The number of aliphatic imine (C=N–C) groups is 1. The molecule has 0 amide bonds. The van der Waals surface area contributed by atoms with Crippen LogP contribution >= 0.6 is 45.2 Å². The molecule has 1 aliphatic heterocycles. The van der Waals surface area contributed by atoms with Crippen LogP contribution in [0.4, 0.5) is 0 Å². The first kappa shape index (κ1) is 22.8. The second-order valence-corrected chi connectivity index (χ2v) is 9.43. The van der Waals surface area contributed by atoms with E-state index >= 15 is 0 Å². The lowest BCUT2D eigenvalue weighted by Crippen LogP contribution is -2.05. The van der Waals surface area contributed by atoms with Gasteiger partial charge in [0.25, 0.3) is 0 Å². The molecule has 7 heteroatoms. The Morgan fingerprint density at radius 1 is 1.03 bits per heavy atom. The summed E-state index contributed by atoms with van der Waals surface area (Å²) in [5.74, 6) is 1.08. The number of benzene rings is 3. The van der Waals surface area contributed by atoms with Gasteiger partial charge in [-0.2, -0.15) is 0 Å². The van der Waals surface area contributed by atoms with E-state index in [4.69, 9.17) is 14.2 Å². The number of methoxy groups -OCH3 is 1. The first-order valence-corrected chi connectivity index (χ1v) is 11.9. The summed E-state index contributed by atoms with van der Waals surface area (Å²) in [4.78, 5) is 16.8. The lowest BCUT2D eigenvalue weighted by atomic mass is 10.1. The number of aryl methyl sites for hydroxylation is 1. The van der Waals surface area contributed by atoms with Gasteiger partial charge < -0.3 is 14.2 Å². The molecule has 0 aromatic heterocycles. The second-order valence-electron chi connectivity index (χ2n) is 7.11. The average Bonchev–Trinajstić information content (AvgIpc) is 3.15. The number of hydrogen-bond acceptors (Lipinski definition) is 5. The molecule has 0 saturated carbocycles. The minimum absolute atomic E-state index is 0.243. The zero-order valence-electron chi connectivity index (χ0n) is 17.4. The van der Waals surface area contributed by atoms with Gasteiger partial charge in [-0.3, -0.25) is 0 Å². The molecule has 1 aliphatic rings. The van der Waals surface area contributed by atoms with E-state index < -0.39 is 5.97 Å². The van der Waals surface area contributed by atoms with Crippen LogP contribution in [0.25, 0.3) is 6.08 Å². The fourth-order valence-corrected chi connectivity index (χ4v) is 4.28. The highest BCUT2D eigenvalue weighted by Crippen LogP contribution is 2.35. The van der Waals surface area contributed by atoms with Crippen LogP contribution in [0.5, 0.6) is 11.5 Å². The SMILES string of the molecule is COc1cc(/C=C2\N=C(c3ccc(I)c(C)c3)OC2=O)cc(I)c1OCc1ccccc1. The molecule has 0 unspecified atom stereocenters. The predicted octanol–water partition coefficient (Wildman–Crippen LogP) is 6.14. The molecular formula is C25H19I2NO4. The smallest absolute Gasteiger partial charge is 0.363 e. The fraction of sp³-hybridized carbons (Fsp3) is 0.120. The molecular weight excluding hydrogens is 632 g/mol. The average molecular weight is 651 g/mol. The summed E-state index contributed by atoms with van der Waals surface area (Å²) < 4.78 is 19.0. The van der Waals surface area contributed by atoms with Crippen LogP contribution in [0.1, 0.15) is 22.3 Å². The highest BCUT2D eigenvalue weighted by Gasteiger charge is 2.25. The third-order valence-corrected chi connectivity index (χ3v) is 6.82. The van der Waals surface area contributed by atoms with E-state index in [1.54, 1.807) is 13.2 Å². The van der Waals surface area contributed by atoms with Crippen molar-refractivity contribution in [2.75, 3.05) is 7.11 Å². The summed E-state index contributed by atoms with van der Waals surface area (Å²) in [6.45, 7) is 2.44. The number of esters is 1. The Morgan fingerprint density at radius 3 is 2.53 bits per heavy atom. The van der Waals surface area contributed by atoms with E-state index in [0.717, 1.165) is 29.4 Å². The maximum atomic E-state index is 12.4. The molecule has 0 aliphatic carbocycles. The number of hydrogen-bond donors (Lipinski definition) is 0. The van der Waals surface area contributed by atoms with Gasteiger partial charge in [0.05, 0.1) is 10.7 Å². The van der Waals surface area contributed by atoms with Crippen LogP contribution in [0.3, 0.4) is 0 Å². The van der Waals surface area contributed by atoms with Gasteiger partial charge in [-0.25, -0.2) is 9.79 Å². The van der Waals surface area contributed by atoms with Crippen LogP contribution in [-0.2, 0) is 16.1 Å². The minimum Gasteiger partial charge on any atom is -0.493 e. The summed E-state index contributed by atoms with van der Waals surface area (Å²) in [5.41, 5.74) is 3.96. The van der Waals surface area contributed by atoms with Gasteiger partial charge in [0.1, 0.15) is 6.61 Å². The van der Waals surface area contributed by atoms with E-state index in [1.165, 1.54) is 0 Å². The Hall–Kier alpha value is -2.40. The number of halogens is 2. The molecule has 4 rings (SSSR count). The van der Waals surface area contributed by atoms with Gasteiger partial charge in [-0.05, 0) is 105 Å². The molecule has 32 heavy (non-hydrogen) atoms. The van der Waals surface area contributed by atoms with Crippen molar-refractivity contribution < 1.29 is 19.0 Å². The molecule has 0 bridgehead atoms. The van der Waals surface area contributed by atoms with Crippen LogP contribution in [0.15, 0.2) is 71.4 Å². The molecule has 0 radical (unpaired) electrons. The number of carbonyl (C=O) groups is 1. The summed E-state index contributed by atoms with van der Waals surface area (Å²) in [6, 6.07) is 19.5. The second kappa shape index (κ2) is 10.0. The van der Waals surface area contributed by atoms with Crippen molar-refractivity contribution in [3.8, 4) is 11.5 Å². The van der Waals surface area contributed by atoms with Gasteiger partial charge in [0, 0.05) is 9.13 Å². The predicted molar refractivity (Wildman–Crippen MR) is 141 cm³/mol. The van der Waals surface area contributed by atoms with Crippen molar-refractivity contribution >= 4 is 63.1 Å². The molecule has 5 nitrogen and oxygen atoms in total. The number of carbonyl (C=O) groups excluding carboxylic acids is 1. The van der Waals surface area contributed by atoms with Gasteiger partial charge >= 0.3 is 5.97 Å². The van der Waals surface area contributed by atoms with Crippen LogP contribution in [0, 0.1) is 14.1 Å². The Morgan fingerprint density at radius 2 is 1.81 bits per heavy atom. The van der Waals surface area contributed by atoms with Crippen molar-refractivity contribution in [2.45, 2.75) is 13.5 Å². The Labute approximate surface area is 213 Å². The normalized spacial score (nSPS) is 14.3. The van der Waals surface area contributed by atoms with E-state index in [1.807, 2.05) is 67.6 Å². The monoisotopic (exact) mass is 651 g/mol. The number of ether oxygens (including phenoxy) is 3. The first-order chi connectivity index (χ1) is 15.4. The van der Waals surface area contributed by atoms with Crippen LogP contribution in [-0.4, -0.2) is 19.0 Å². The first-order valence-electron chi connectivity index (χ1n) is 9.78. The van der Waals surface area contributed by atoms with Gasteiger partial charge in [0.2, 0.25) is 5.90 Å². The summed E-state index contributed by atoms with van der Waals surface area (Å²) in [7, 11) is 1.59. The quantitative estimate of drug-likeness (QED) is 0.183. The zero-order chi connectivity index (χ0) is 22.7. The topological polar surface area (TPSA) is 57.1 Å². The van der Waals surface area contributed by atoms with E-state index in [2.05, 4.69) is 50.2 Å². The maximum Gasteiger partial charge on any atom is 0.363 e. The number of rotatable bonds is 6. The molecule has 0 atom stereocenters. The van der Waals surface area contributed by atoms with Crippen LogP contribution < -0.4 is 9.47 Å². The third kappa shape index (κ3) is 5.15. The Kier molecular flexibility index (Phi) is 7.14. The minimum atomic E-state index is -0.477. The number of cyclic esters (lactones) is 1. The molecule has 3 aromatic rings. The highest BCUT2D eigenvalue weighted by molar-refractivity contribution is 14.1. The summed E-state index contributed by atoms with van der Waals surface area (Å²) in [6.07, 6.45) is 1.69. The van der Waals surface area contributed by atoms with E-state index in [0.29, 0.717) is 24.0 Å². The highest BCUT2D eigenvalue weighted by atomic mass is 127. The van der Waals surface area contributed by atoms with Crippen molar-refractivity contribution in [2.24, 2.45) is 4.99 Å². The molecule has 162 valence electrons. The molecule has 0 fully saturated rings.